The van der Waals surface area contributed by atoms with Crippen LogP contribution in [-0.2, 0) is 24.8 Å². The lowest BCUT2D eigenvalue weighted by Gasteiger charge is -2.04. The van der Waals surface area contributed by atoms with E-state index in [4.69, 9.17) is 4.74 Å². The minimum Gasteiger partial charge on any atom is -0.376 e. The van der Waals surface area contributed by atoms with E-state index in [9.17, 15) is 0 Å². The van der Waals surface area contributed by atoms with E-state index in [0.29, 0.717) is 6.61 Å². The van der Waals surface area contributed by atoms with Gasteiger partial charge in [-0.3, -0.25) is 0 Å². The molecule has 0 unspecified atom stereocenters. The van der Waals surface area contributed by atoms with Crippen molar-refractivity contribution in [3.8, 4) is 0 Å². The highest BCUT2D eigenvalue weighted by atomic mass is 16.5. The molecular formula is C18H19NO. The monoisotopic (exact) mass is 265 g/mol. The fourth-order valence-corrected chi connectivity index (χ4v) is 2.57. The molecular weight excluding hydrogens is 246 g/mol. The lowest BCUT2D eigenvalue weighted by Crippen LogP contribution is -1.98. The summed E-state index contributed by atoms with van der Waals surface area (Å²) in [6.45, 7) is 1.44. The van der Waals surface area contributed by atoms with E-state index >= 15 is 0 Å². The Balaban J connectivity index is 1.60. The predicted molar refractivity (Wildman–Crippen MR) is 82.7 cm³/mol. The predicted octanol–water partition coefficient (Wildman–Crippen LogP) is 3.94. The normalized spacial score (nSPS) is 11.1. The van der Waals surface area contributed by atoms with Crippen LogP contribution in [-0.4, -0.2) is 11.2 Å². The molecule has 3 aromatic rings. The Morgan fingerprint density at radius 2 is 1.70 bits per heavy atom. The average Bonchev–Trinajstić information content (AvgIpc) is 2.82. The summed E-state index contributed by atoms with van der Waals surface area (Å²) in [4.78, 5) is 0. The van der Waals surface area contributed by atoms with Gasteiger partial charge in [-0.15, -0.1) is 0 Å². The lowest BCUT2D eigenvalue weighted by molar-refractivity contribution is 0.124. The quantitative estimate of drug-likeness (QED) is 0.637. The van der Waals surface area contributed by atoms with E-state index in [2.05, 4.69) is 54.2 Å². The third-order valence-electron chi connectivity index (χ3n) is 3.61. The minimum atomic E-state index is 0.686. The average molecular weight is 265 g/mol. The second-order valence-corrected chi connectivity index (χ2v) is 5.07. The number of hydrogen-bond acceptors (Lipinski definition) is 1. The number of nitrogens with zero attached hydrogens (tertiary/aromatic N) is 1. The Morgan fingerprint density at radius 3 is 2.55 bits per heavy atom. The first kappa shape index (κ1) is 12.9. The molecule has 0 spiro atoms. The van der Waals surface area contributed by atoms with Gasteiger partial charge in [0.1, 0.15) is 0 Å². The molecule has 3 rings (SSSR count). The Hall–Kier alpha value is -2.06. The molecule has 0 aliphatic rings. The van der Waals surface area contributed by atoms with E-state index in [1.54, 1.807) is 0 Å². The van der Waals surface area contributed by atoms with Crippen LogP contribution in [0.5, 0.6) is 0 Å². The van der Waals surface area contributed by atoms with Crippen molar-refractivity contribution in [3.63, 3.8) is 0 Å². The van der Waals surface area contributed by atoms with Gasteiger partial charge in [-0.1, -0.05) is 48.5 Å². The highest BCUT2D eigenvalue weighted by molar-refractivity contribution is 5.83. The molecule has 102 valence electrons. The molecule has 0 amide bonds. The molecule has 1 aromatic heterocycles. The van der Waals surface area contributed by atoms with E-state index in [1.165, 1.54) is 22.0 Å². The van der Waals surface area contributed by atoms with Gasteiger partial charge < -0.3 is 9.30 Å². The summed E-state index contributed by atoms with van der Waals surface area (Å²) < 4.78 is 7.95. The number of hydrogen-bond donors (Lipinski definition) is 0. The number of benzene rings is 2. The zero-order valence-corrected chi connectivity index (χ0v) is 11.8. The molecule has 2 aromatic carbocycles. The summed E-state index contributed by atoms with van der Waals surface area (Å²) >= 11 is 0. The second kappa shape index (κ2) is 5.93. The summed E-state index contributed by atoms with van der Waals surface area (Å²) in [6, 6.07) is 18.8. The Kier molecular flexibility index (Phi) is 3.84. The first-order chi connectivity index (χ1) is 9.84. The molecule has 20 heavy (non-hydrogen) atoms. The van der Waals surface area contributed by atoms with Crippen LogP contribution in [0.2, 0.25) is 0 Å². The molecule has 2 nitrogen and oxygen atoms in total. The topological polar surface area (TPSA) is 14.2 Å². The second-order valence-electron chi connectivity index (χ2n) is 5.07. The van der Waals surface area contributed by atoms with E-state index in [1.807, 2.05) is 18.2 Å². The van der Waals surface area contributed by atoms with Crippen molar-refractivity contribution < 1.29 is 4.74 Å². The number of rotatable bonds is 5. The van der Waals surface area contributed by atoms with Crippen LogP contribution in [0.25, 0.3) is 10.9 Å². The van der Waals surface area contributed by atoms with Crippen molar-refractivity contribution in [3.05, 3.63) is 71.9 Å². The highest BCUT2D eigenvalue weighted by Gasteiger charge is 2.05. The Labute approximate surface area is 119 Å². The van der Waals surface area contributed by atoms with Crippen LogP contribution in [0.4, 0.5) is 0 Å². The molecule has 2 heteroatoms. The van der Waals surface area contributed by atoms with E-state index in [0.717, 1.165) is 13.0 Å². The van der Waals surface area contributed by atoms with Crippen LogP contribution < -0.4 is 0 Å². The zero-order chi connectivity index (χ0) is 13.8. The van der Waals surface area contributed by atoms with Crippen molar-refractivity contribution in [1.82, 2.24) is 4.57 Å². The largest absolute Gasteiger partial charge is 0.376 e. The summed E-state index contributed by atoms with van der Waals surface area (Å²) in [5.41, 5.74) is 3.87. The van der Waals surface area contributed by atoms with Crippen LogP contribution in [0.1, 0.15) is 11.1 Å². The van der Waals surface area contributed by atoms with Gasteiger partial charge in [0.25, 0.3) is 0 Å². The number of aryl methyl sites for hydroxylation is 1. The van der Waals surface area contributed by atoms with Crippen LogP contribution in [0, 0.1) is 0 Å². The van der Waals surface area contributed by atoms with Crippen molar-refractivity contribution in [2.75, 3.05) is 6.61 Å². The summed E-state index contributed by atoms with van der Waals surface area (Å²) in [7, 11) is 2.09. The fraction of sp³-hybridized carbons (Fsp3) is 0.222. The molecule has 0 saturated heterocycles. The summed E-state index contributed by atoms with van der Waals surface area (Å²) in [5.74, 6) is 0. The van der Waals surface area contributed by atoms with Crippen LogP contribution >= 0.6 is 0 Å². The maximum absolute atomic E-state index is 5.77. The smallest absolute Gasteiger partial charge is 0.0717 e. The van der Waals surface area contributed by atoms with Gasteiger partial charge >= 0.3 is 0 Å². The lowest BCUT2D eigenvalue weighted by atomic mass is 10.1. The number of aromatic nitrogens is 1. The van der Waals surface area contributed by atoms with Crippen molar-refractivity contribution >= 4 is 10.9 Å². The standard InChI is InChI=1S/C18H19NO/c1-19-13-16(17-9-5-6-10-18(17)19)11-12-20-14-15-7-3-2-4-8-15/h2-10,13H,11-12,14H2,1H3. The van der Waals surface area contributed by atoms with Crippen molar-refractivity contribution in [2.45, 2.75) is 13.0 Å². The molecule has 0 atom stereocenters. The number of fused-ring (bicyclic) bond motifs is 1. The van der Waals surface area contributed by atoms with Gasteiger partial charge in [-0.2, -0.15) is 0 Å². The van der Waals surface area contributed by atoms with Gasteiger partial charge in [0, 0.05) is 24.1 Å². The highest BCUT2D eigenvalue weighted by Crippen LogP contribution is 2.20. The summed E-state index contributed by atoms with van der Waals surface area (Å²) in [6.07, 6.45) is 3.16. The molecule has 0 aliphatic carbocycles. The molecule has 0 fully saturated rings. The maximum atomic E-state index is 5.77. The number of para-hydroxylation sites is 1. The summed E-state index contributed by atoms with van der Waals surface area (Å²) in [5, 5.41) is 1.33. The van der Waals surface area contributed by atoms with E-state index < -0.39 is 0 Å². The molecule has 0 saturated carbocycles. The zero-order valence-electron chi connectivity index (χ0n) is 11.8. The fourth-order valence-electron chi connectivity index (χ4n) is 2.57. The molecule has 0 N–H and O–H groups in total. The first-order valence-electron chi connectivity index (χ1n) is 6.99. The van der Waals surface area contributed by atoms with Gasteiger partial charge in [-0.05, 0) is 23.6 Å². The first-order valence-corrected chi connectivity index (χ1v) is 6.99. The SMILES string of the molecule is Cn1cc(CCOCc2ccccc2)c2ccccc21. The third kappa shape index (κ3) is 2.75. The maximum Gasteiger partial charge on any atom is 0.0717 e. The van der Waals surface area contributed by atoms with Crippen LogP contribution in [0.15, 0.2) is 60.8 Å². The van der Waals surface area contributed by atoms with Gasteiger partial charge in [0.05, 0.1) is 13.2 Å². The minimum absolute atomic E-state index is 0.686. The molecule has 1 heterocycles. The third-order valence-corrected chi connectivity index (χ3v) is 3.61. The van der Waals surface area contributed by atoms with E-state index in [-0.39, 0.29) is 0 Å². The number of ether oxygens (including phenoxy) is 1. The Morgan fingerprint density at radius 1 is 0.950 bits per heavy atom. The Bertz CT molecular complexity index is 685. The van der Waals surface area contributed by atoms with Crippen LogP contribution in [0.3, 0.4) is 0 Å². The molecule has 0 bridgehead atoms. The molecule has 0 radical (unpaired) electrons. The van der Waals surface area contributed by atoms with Crippen molar-refractivity contribution in [2.24, 2.45) is 7.05 Å². The van der Waals surface area contributed by atoms with Gasteiger partial charge in [0.15, 0.2) is 0 Å². The van der Waals surface area contributed by atoms with Crippen molar-refractivity contribution in [1.29, 1.82) is 0 Å². The molecule has 0 aliphatic heterocycles. The van der Waals surface area contributed by atoms with Gasteiger partial charge in [0.2, 0.25) is 0 Å². The van der Waals surface area contributed by atoms with Gasteiger partial charge in [-0.25, -0.2) is 0 Å².